The largest absolute Gasteiger partial charge is 0.491 e. The Kier molecular flexibility index (Phi) is 5.46. The molecule has 0 aliphatic carbocycles. The number of primary amides is 1. The number of aromatic nitrogens is 2. The van der Waals surface area contributed by atoms with Crippen LogP contribution in [0.15, 0.2) is 24.3 Å². The summed E-state index contributed by atoms with van der Waals surface area (Å²) in [6.45, 7) is 0.361. The lowest BCUT2D eigenvalue weighted by Crippen LogP contribution is -2.18. The molecule has 1 aromatic heterocycles. The highest BCUT2D eigenvalue weighted by Gasteiger charge is 2.24. The highest BCUT2D eigenvalue weighted by Crippen LogP contribution is 2.37. The first-order chi connectivity index (χ1) is 13.4. The number of aryl methyl sites for hydroxylation is 1. The predicted molar refractivity (Wildman–Crippen MR) is 97.3 cm³/mol. The minimum Gasteiger partial charge on any atom is -0.491 e. The quantitative estimate of drug-likeness (QED) is 0.673. The lowest BCUT2D eigenvalue weighted by Gasteiger charge is -2.14. The molecule has 0 radical (unpaired) electrons. The summed E-state index contributed by atoms with van der Waals surface area (Å²) in [6.07, 6.45) is 0.917. The van der Waals surface area contributed by atoms with E-state index >= 15 is 0 Å². The molecule has 0 spiro atoms. The molecule has 3 rings (SSSR count). The van der Waals surface area contributed by atoms with Crippen LogP contribution in [0.2, 0.25) is 0 Å². The minimum atomic E-state index is -1.20. The molecule has 4 N–H and O–H groups in total. The molecule has 0 saturated heterocycles. The predicted octanol–water partition coefficient (Wildman–Crippen LogP) is 2.71. The molecule has 0 aliphatic heterocycles. The Morgan fingerprint density at radius 2 is 1.93 bits per heavy atom. The van der Waals surface area contributed by atoms with E-state index in [4.69, 9.17) is 16.2 Å². The Hall–Kier alpha value is -3.20. The summed E-state index contributed by atoms with van der Waals surface area (Å²) in [4.78, 5) is 11.7. The molecule has 28 heavy (non-hydrogen) atoms. The molecule has 0 atom stereocenters. The number of benzene rings is 2. The van der Waals surface area contributed by atoms with E-state index in [0.29, 0.717) is 36.4 Å². The summed E-state index contributed by atoms with van der Waals surface area (Å²) in [5.74, 6) is -4.96. The second kappa shape index (κ2) is 7.81. The van der Waals surface area contributed by atoms with Crippen molar-refractivity contribution in [3.05, 3.63) is 53.0 Å². The molecule has 0 fully saturated rings. The Balaban J connectivity index is 2.35. The van der Waals surface area contributed by atoms with Crippen molar-refractivity contribution in [2.75, 3.05) is 13.7 Å². The van der Waals surface area contributed by atoms with Gasteiger partial charge in [-0.1, -0.05) is 18.2 Å². The molecular formula is C19H17F3N4O2. The van der Waals surface area contributed by atoms with Crippen LogP contribution in [0.25, 0.3) is 22.0 Å². The van der Waals surface area contributed by atoms with Crippen LogP contribution in [-0.2, 0) is 6.42 Å². The summed E-state index contributed by atoms with van der Waals surface area (Å²) < 4.78 is 47.7. The number of hydrogen-bond donors (Lipinski definition) is 2. The molecule has 2 aromatic carbocycles. The normalized spacial score (nSPS) is 11.0. The fourth-order valence-electron chi connectivity index (χ4n) is 3.12. The van der Waals surface area contributed by atoms with Gasteiger partial charge in [-0.2, -0.15) is 0 Å². The first-order valence-electron chi connectivity index (χ1n) is 8.40. The topological polar surface area (TPSA) is 104 Å². The molecule has 146 valence electrons. The van der Waals surface area contributed by atoms with Crippen molar-refractivity contribution in [3.8, 4) is 16.9 Å². The Morgan fingerprint density at radius 1 is 1.18 bits per heavy atom. The summed E-state index contributed by atoms with van der Waals surface area (Å²) in [5.41, 5.74) is 11.1. The molecule has 3 aromatic rings. The van der Waals surface area contributed by atoms with E-state index < -0.39 is 34.7 Å². The van der Waals surface area contributed by atoms with E-state index in [9.17, 15) is 18.0 Å². The van der Waals surface area contributed by atoms with E-state index in [1.165, 1.54) is 6.07 Å². The van der Waals surface area contributed by atoms with Gasteiger partial charge in [0, 0.05) is 17.0 Å². The number of amides is 1. The lowest BCUT2D eigenvalue weighted by molar-refractivity contribution is 0.0994. The molecule has 0 saturated carbocycles. The monoisotopic (exact) mass is 390 g/mol. The zero-order valence-electron chi connectivity index (χ0n) is 14.9. The molecule has 1 heterocycles. The SMILES string of the molecule is COc1c(F)cc(F)c(-c2cccc3c(CCCN)c(C(N)=O)nnc23)c1F. The van der Waals surface area contributed by atoms with Gasteiger partial charge < -0.3 is 16.2 Å². The number of rotatable bonds is 6. The lowest BCUT2D eigenvalue weighted by atomic mass is 9.96. The van der Waals surface area contributed by atoms with E-state index in [2.05, 4.69) is 10.2 Å². The molecular weight excluding hydrogens is 373 g/mol. The standard InChI is InChI=1S/C19H17F3N4O2/c1-28-18-13(21)8-12(20)14(15(18)22)11-5-2-4-9-10(6-3-7-23)17(19(24)27)26-25-16(9)11/h2,4-5,8H,3,6-7,23H2,1H3,(H2,24,27). The van der Waals surface area contributed by atoms with Crippen LogP contribution in [0.1, 0.15) is 22.5 Å². The van der Waals surface area contributed by atoms with Gasteiger partial charge in [-0.25, -0.2) is 13.2 Å². The van der Waals surface area contributed by atoms with Gasteiger partial charge in [-0.15, -0.1) is 10.2 Å². The molecule has 0 unspecified atom stereocenters. The minimum absolute atomic E-state index is 0.0317. The molecule has 0 aliphatic rings. The first-order valence-corrected chi connectivity index (χ1v) is 8.40. The molecule has 9 heteroatoms. The van der Waals surface area contributed by atoms with Gasteiger partial charge in [0.1, 0.15) is 11.3 Å². The first kappa shape index (κ1) is 19.6. The molecule has 0 bridgehead atoms. The molecule has 6 nitrogen and oxygen atoms in total. The van der Waals surface area contributed by atoms with Crippen LogP contribution >= 0.6 is 0 Å². The van der Waals surface area contributed by atoms with Gasteiger partial charge in [-0.3, -0.25) is 4.79 Å². The third-order valence-corrected chi connectivity index (χ3v) is 4.36. The Morgan fingerprint density at radius 3 is 2.57 bits per heavy atom. The summed E-state index contributed by atoms with van der Waals surface area (Å²) in [7, 11) is 1.08. The Bertz CT molecular complexity index is 1070. The number of carbonyl (C=O) groups is 1. The van der Waals surface area contributed by atoms with E-state index in [0.717, 1.165) is 7.11 Å². The van der Waals surface area contributed by atoms with Gasteiger partial charge in [0.2, 0.25) is 0 Å². The van der Waals surface area contributed by atoms with Crippen molar-refractivity contribution in [2.24, 2.45) is 11.5 Å². The second-order valence-corrected chi connectivity index (χ2v) is 6.05. The maximum absolute atomic E-state index is 14.8. The second-order valence-electron chi connectivity index (χ2n) is 6.05. The zero-order chi connectivity index (χ0) is 20.4. The number of methoxy groups -OCH3 is 1. The summed E-state index contributed by atoms with van der Waals surface area (Å²) >= 11 is 0. The van der Waals surface area contributed by atoms with Crippen molar-refractivity contribution < 1.29 is 22.7 Å². The van der Waals surface area contributed by atoms with E-state index in [1.54, 1.807) is 12.1 Å². The zero-order valence-corrected chi connectivity index (χ0v) is 14.9. The van der Waals surface area contributed by atoms with Crippen LogP contribution in [0.4, 0.5) is 13.2 Å². The number of ether oxygens (including phenoxy) is 1. The van der Waals surface area contributed by atoms with Crippen LogP contribution < -0.4 is 16.2 Å². The van der Waals surface area contributed by atoms with Crippen molar-refractivity contribution >= 4 is 16.8 Å². The van der Waals surface area contributed by atoms with Gasteiger partial charge in [0.05, 0.1) is 12.7 Å². The van der Waals surface area contributed by atoms with Crippen molar-refractivity contribution in [3.63, 3.8) is 0 Å². The van der Waals surface area contributed by atoms with Crippen molar-refractivity contribution in [2.45, 2.75) is 12.8 Å². The van der Waals surface area contributed by atoms with E-state index in [1.807, 2.05) is 0 Å². The average Bonchev–Trinajstić information content (AvgIpc) is 2.65. The number of carbonyl (C=O) groups excluding carboxylic acids is 1. The van der Waals surface area contributed by atoms with Gasteiger partial charge in [0.25, 0.3) is 5.91 Å². The van der Waals surface area contributed by atoms with Crippen molar-refractivity contribution in [1.82, 2.24) is 10.2 Å². The fourth-order valence-corrected chi connectivity index (χ4v) is 3.12. The summed E-state index contributed by atoms with van der Waals surface area (Å²) in [5, 5.41) is 8.26. The van der Waals surface area contributed by atoms with Gasteiger partial charge in [0.15, 0.2) is 23.1 Å². The number of halogens is 3. The van der Waals surface area contributed by atoms with Crippen molar-refractivity contribution in [1.29, 1.82) is 0 Å². The third-order valence-electron chi connectivity index (χ3n) is 4.36. The highest BCUT2D eigenvalue weighted by molar-refractivity contribution is 6.01. The van der Waals surface area contributed by atoms with Crippen LogP contribution in [0.3, 0.4) is 0 Å². The number of hydrogen-bond acceptors (Lipinski definition) is 5. The number of fused-ring (bicyclic) bond motifs is 1. The highest BCUT2D eigenvalue weighted by atomic mass is 19.1. The smallest absolute Gasteiger partial charge is 0.269 e. The average molecular weight is 390 g/mol. The third kappa shape index (κ3) is 3.24. The van der Waals surface area contributed by atoms with Crippen LogP contribution in [0.5, 0.6) is 5.75 Å². The maximum Gasteiger partial charge on any atom is 0.269 e. The molecule has 1 amide bonds. The van der Waals surface area contributed by atoms with Crippen LogP contribution in [-0.4, -0.2) is 29.8 Å². The maximum atomic E-state index is 14.8. The van der Waals surface area contributed by atoms with Gasteiger partial charge >= 0.3 is 0 Å². The van der Waals surface area contributed by atoms with Gasteiger partial charge in [-0.05, 0) is 24.9 Å². The number of nitrogens with zero attached hydrogens (tertiary/aromatic N) is 2. The fraction of sp³-hybridized carbons (Fsp3) is 0.211. The Labute approximate surface area is 158 Å². The number of nitrogens with two attached hydrogens (primary N) is 2. The van der Waals surface area contributed by atoms with E-state index in [-0.39, 0.29) is 16.8 Å². The summed E-state index contributed by atoms with van der Waals surface area (Å²) in [6, 6.07) is 5.15. The van der Waals surface area contributed by atoms with Crippen LogP contribution in [0, 0.1) is 17.5 Å².